The van der Waals surface area contributed by atoms with Crippen molar-refractivity contribution in [3.05, 3.63) is 28.2 Å². The van der Waals surface area contributed by atoms with Crippen LogP contribution in [-0.4, -0.2) is 30.0 Å². The lowest BCUT2D eigenvalue weighted by atomic mass is 10.2. The first kappa shape index (κ1) is 12.7. The van der Waals surface area contributed by atoms with Crippen LogP contribution in [0.5, 0.6) is 5.75 Å². The number of aliphatic carboxylic acids is 1. The number of hydrogen-bond acceptors (Lipinski definition) is 4. The van der Waals surface area contributed by atoms with Crippen molar-refractivity contribution in [2.45, 2.75) is 11.4 Å². The quantitative estimate of drug-likeness (QED) is 0.895. The highest BCUT2D eigenvalue weighted by Crippen LogP contribution is 2.38. The maximum atomic E-state index is 10.9. The zero-order valence-electron chi connectivity index (χ0n) is 9.14. The molecule has 0 bridgehead atoms. The van der Waals surface area contributed by atoms with Crippen molar-refractivity contribution >= 4 is 33.7 Å². The lowest BCUT2D eigenvalue weighted by Gasteiger charge is -2.15. The standard InChI is InChI=1S/C11H12BrNO3S/c1-16-9-3-2-6(12)4-7(9)10-13-8(5-17-10)11(14)15/h2-4,8,10,13H,5H2,1H3,(H,14,15)/t8-,10?/m0/s1. The summed E-state index contributed by atoms with van der Waals surface area (Å²) in [5.41, 5.74) is 0.968. The molecule has 0 radical (unpaired) electrons. The predicted octanol–water partition coefficient (Wildman–Crippen LogP) is 2.25. The van der Waals surface area contributed by atoms with Crippen LogP contribution in [0.4, 0.5) is 0 Å². The first-order valence-corrected chi connectivity index (χ1v) is 6.90. The molecule has 0 aliphatic carbocycles. The minimum atomic E-state index is -0.811. The summed E-state index contributed by atoms with van der Waals surface area (Å²) >= 11 is 4.99. The maximum Gasteiger partial charge on any atom is 0.321 e. The van der Waals surface area contributed by atoms with Gasteiger partial charge in [0.1, 0.15) is 11.8 Å². The second-order valence-corrected chi connectivity index (χ2v) is 5.71. The first-order chi connectivity index (χ1) is 8.11. The summed E-state index contributed by atoms with van der Waals surface area (Å²) in [5.74, 6) is 0.522. The average Bonchev–Trinajstić information content (AvgIpc) is 2.78. The van der Waals surface area contributed by atoms with E-state index in [9.17, 15) is 4.79 Å². The van der Waals surface area contributed by atoms with Gasteiger partial charge in [0, 0.05) is 15.8 Å². The fourth-order valence-corrected chi connectivity index (χ4v) is 3.33. The molecule has 1 fully saturated rings. The molecule has 1 aliphatic rings. The Kier molecular flexibility index (Phi) is 3.96. The van der Waals surface area contributed by atoms with Crippen LogP contribution in [0.15, 0.2) is 22.7 Å². The largest absolute Gasteiger partial charge is 0.496 e. The zero-order valence-corrected chi connectivity index (χ0v) is 11.5. The highest BCUT2D eigenvalue weighted by Gasteiger charge is 2.31. The SMILES string of the molecule is COc1ccc(Br)cc1C1N[C@H](C(=O)O)CS1. The second kappa shape index (κ2) is 5.29. The first-order valence-electron chi connectivity index (χ1n) is 5.05. The van der Waals surface area contributed by atoms with Crippen molar-refractivity contribution in [2.24, 2.45) is 0 Å². The molecule has 1 saturated heterocycles. The van der Waals surface area contributed by atoms with Gasteiger partial charge in [-0.05, 0) is 18.2 Å². The van der Waals surface area contributed by atoms with Crippen LogP contribution in [0, 0.1) is 0 Å². The number of ether oxygens (including phenoxy) is 1. The van der Waals surface area contributed by atoms with Gasteiger partial charge in [-0.2, -0.15) is 0 Å². The molecular formula is C11H12BrNO3S. The van der Waals surface area contributed by atoms with Crippen molar-refractivity contribution in [1.82, 2.24) is 5.32 Å². The van der Waals surface area contributed by atoms with Gasteiger partial charge in [-0.15, -0.1) is 11.8 Å². The molecule has 1 aromatic carbocycles. The summed E-state index contributed by atoms with van der Waals surface area (Å²) in [6.45, 7) is 0. The normalized spacial score (nSPS) is 23.6. The van der Waals surface area contributed by atoms with Gasteiger partial charge in [0.05, 0.1) is 12.5 Å². The predicted molar refractivity (Wildman–Crippen MR) is 70.5 cm³/mol. The van der Waals surface area contributed by atoms with E-state index in [1.165, 1.54) is 0 Å². The Morgan fingerprint density at radius 1 is 1.65 bits per heavy atom. The van der Waals surface area contributed by atoms with E-state index in [2.05, 4.69) is 21.2 Å². The van der Waals surface area contributed by atoms with Crippen molar-refractivity contribution in [1.29, 1.82) is 0 Å². The molecule has 6 heteroatoms. The molecule has 1 aromatic rings. The maximum absolute atomic E-state index is 10.9. The Labute approximate surface area is 112 Å². The number of carboxylic acid groups (broad SMARTS) is 1. The van der Waals surface area contributed by atoms with Crippen molar-refractivity contribution in [2.75, 3.05) is 12.9 Å². The molecule has 92 valence electrons. The van der Waals surface area contributed by atoms with E-state index in [0.717, 1.165) is 15.8 Å². The van der Waals surface area contributed by atoms with Gasteiger partial charge in [-0.1, -0.05) is 15.9 Å². The molecule has 2 rings (SSSR count). The van der Waals surface area contributed by atoms with Gasteiger partial charge in [0.2, 0.25) is 0 Å². The summed E-state index contributed by atoms with van der Waals surface area (Å²) in [5, 5.41) is 12.0. The summed E-state index contributed by atoms with van der Waals surface area (Å²) in [7, 11) is 1.61. The molecular weight excluding hydrogens is 306 g/mol. The van der Waals surface area contributed by atoms with Crippen molar-refractivity contribution in [3.8, 4) is 5.75 Å². The molecule has 2 N–H and O–H groups in total. The Morgan fingerprint density at radius 3 is 3.00 bits per heavy atom. The van der Waals surface area contributed by atoms with Gasteiger partial charge < -0.3 is 9.84 Å². The number of thioether (sulfide) groups is 1. The second-order valence-electron chi connectivity index (χ2n) is 3.66. The lowest BCUT2D eigenvalue weighted by Crippen LogP contribution is -2.33. The number of nitrogens with one attached hydrogen (secondary N) is 1. The number of carbonyl (C=O) groups is 1. The average molecular weight is 318 g/mol. The van der Waals surface area contributed by atoms with Gasteiger partial charge in [0.25, 0.3) is 0 Å². The number of methoxy groups -OCH3 is 1. The van der Waals surface area contributed by atoms with Crippen LogP contribution in [0.2, 0.25) is 0 Å². The molecule has 17 heavy (non-hydrogen) atoms. The van der Waals surface area contributed by atoms with Crippen LogP contribution < -0.4 is 10.1 Å². The highest BCUT2D eigenvalue weighted by molar-refractivity contribution is 9.10. The van der Waals surface area contributed by atoms with E-state index in [1.807, 2.05) is 18.2 Å². The van der Waals surface area contributed by atoms with Gasteiger partial charge in [-0.25, -0.2) is 0 Å². The third-order valence-electron chi connectivity index (χ3n) is 2.55. The Hall–Kier alpha value is -0.720. The number of hydrogen-bond donors (Lipinski definition) is 2. The summed E-state index contributed by atoms with van der Waals surface area (Å²) in [4.78, 5) is 10.9. The third-order valence-corrected chi connectivity index (χ3v) is 4.30. The summed E-state index contributed by atoms with van der Waals surface area (Å²) in [6, 6.07) is 5.23. The Bertz CT molecular complexity index is 441. The highest BCUT2D eigenvalue weighted by atomic mass is 79.9. The van der Waals surface area contributed by atoms with Gasteiger partial charge in [-0.3, -0.25) is 10.1 Å². The minimum Gasteiger partial charge on any atom is -0.496 e. The lowest BCUT2D eigenvalue weighted by molar-refractivity contribution is -0.138. The van der Waals surface area contributed by atoms with E-state index in [1.54, 1.807) is 18.9 Å². The molecule has 0 amide bonds. The number of halogens is 1. The molecule has 1 unspecified atom stereocenters. The van der Waals surface area contributed by atoms with Crippen LogP contribution in [0.1, 0.15) is 10.9 Å². The summed E-state index contributed by atoms with van der Waals surface area (Å²) in [6.07, 6.45) is 0. The fourth-order valence-electron chi connectivity index (χ4n) is 1.70. The van der Waals surface area contributed by atoms with Crippen LogP contribution in [-0.2, 0) is 4.79 Å². The molecule has 0 aromatic heterocycles. The van der Waals surface area contributed by atoms with E-state index in [4.69, 9.17) is 9.84 Å². The topological polar surface area (TPSA) is 58.6 Å². The van der Waals surface area contributed by atoms with Gasteiger partial charge in [0.15, 0.2) is 0 Å². The zero-order chi connectivity index (χ0) is 12.4. The Balaban J connectivity index is 2.23. The number of carboxylic acids is 1. The third kappa shape index (κ3) is 2.75. The number of benzene rings is 1. The molecule has 2 atom stereocenters. The molecule has 1 aliphatic heterocycles. The van der Waals surface area contributed by atoms with E-state index < -0.39 is 12.0 Å². The van der Waals surface area contributed by atoms with Crippen LogP contribution in [0.3, 0.4) is 0 Å². The van der Waals surface area contributed by atoms with Gasteiger partial charge >= 0.3 is 5.97 Å². The summed E-state index contributed by atoms with van der Waals surface area (Å²) < 4.78 is 6.24. The molecule has 4 nitrogen and oxygen atoms in total. The fraction of sp³-hybridized carbons (Fsp3) is 0.364. The monoisotopic (exact) mass is 317 g/mol. The van der Waals surface area contributed by atoms with E-state index in [-0.39, 0.29) is 5.37 Å². The van der Waals surface area contributed by atoms with E-state index >= 15 is 0 Å². The van der Waals surface area contributed by atoms with Crippen molar-refractivity contribution in [3.63, 3.8) is 0 Å². The molecule has 0 saturated carbocycles. The molecule has 0 spiro atoms. The van der Waals surface area contributed by atoms with Crippen LogP contribution in [0.25, 0.3) is 0 Å². The smallest absolute Gasteiger partial charge is 0.321 e. The minimum absolute atomic E-state index is 0.0384. The Morgan fingerprint density at radius 2 is 2.41 bits per heavy atom. The molecule has 1 heterocycles. The van der Waals surface area contributed by atoms with Crippen LogP contribution >= 0.6 is 27.7 Å². The van der Waals surface area contributed by atoms with Crippen molar-refractivity contribution < 1.29 is 14.6 Å². The number of rotatable bonds is 3. The van der Waals surface area contributed by atoms with E-state index in [0.29, 0.717) is 5.75 Å².